The fourth-order valence-corrected chi connectivity index (χ4v) is 4.33. The maximum atomic E-state index is 5.02. The van der Waals surface area contributed by atoms with Gasteiger partial charge in [-0.15, -0.1) is 24.0 Å². The summed E-state index contributed by atoms with van der Waals surface area (Å²) in [5.41, 5.74) is 1.33. The van der Waals surface area contributed by atoms with Gasteiger partial charge in [0.25, 0.3) is 0 Å². The summed E-state index contributed by atoms with van der Waals surface area (Å²) in [6, 6.07) is 11.3. The van der Waals surface area contributed by atoms with E-state index >= 15 is 0 Å². The van der Waals surface area contributed by atoms with Crippen LogP contribution in [0.2, 0.25) is 0 Å². The fraction of sp³-hybridized carbons (Fsp3) is 0.650. The molecule has 4 aliphatic heterocycles. The zero-order valence-electron chi connectivity index (χ0n) is 16.4. The molecule has 0 aromatic heterocycles. The molecule has 4 aliphatic rings. The van der Waals surface area contributed by atoms with E-state index < -0.39 is 0 Å². The van der Waals surface area contributed by atoms with Gasteiger partial charge in [0.15, 0.2) is 5.96 Å². The van der Waals surface area contributed by atoms with Crippen molar-refractivity contribution in [2.24, 2.45) is 4.99 Å². The summed E-state index contributed by atoms with van der Waals surface area (Å²) in [5.74, 6) is 1.10. The molecule has 0 spiro atoms. The Morgan fingerprint density at radius 3 is 2.30 bits per heavy atom. The predicted octanol–water partition coefficient (Wildman–Crippen LogP) is 1.39. The number of piperazine rings is 4. The minimum Gasteiger partial charge on any atom is -0.368 e. The number of hydrogen-bond donors (Lipinski definition) is 1. The molecule has 5 rings (SSSR count). The lowest BCUT2D eigenvalue weighted by atomic mass is 10.1. The minimum absolute atomic E-state index is 0. The number of nitrogens with one attached hydrogen (secondary N) is 1. The lowest BCUT2D eigenvalue weighted by molar-refractivity contribution is 0.0173. The molecule has 1 aromatic carbocycles. The van der Waals surface area contributed by atoms with Crippen LogP contribution in [0.25, 0.3) is 0 Å². The number of rotatable bonds is 4. The summed E-state index contributed by atoms with van der Waals surface area (Å²) in [6.07, 6.45) is 0. The quantitative estimate of drug-likeness (QED) is 0.398. The summed E-state index contributed by atoms with van der Waals surface area (Å²) in [7, 11) is 0. The Morgan fingerprint density at radius 1 is 1.00 bits per heavy atom. The van der Waals surface area contributed by atoms with Crippen LogP contribution in [0, 0.1) is 0 Å². The van der Waals surface area contributed by atoms with Gasteiger partial charge in [0.2, 0.25) is 0 Å². The molecular formula is C20H33IN6. The van der Waals surface area contributed by atoms with Crippen LogP contribution in [0.4, 0.5) is 5.69 Å². The molecule has 7 heteroatoms. The number of para-hydroxylation sites is 1. The van der Waals surface area contributed by atoms with Gasteiger partial charge in [-0.1, -0.05) is 18.2 Å². The van der Waals surface area contributed by atoms with E-state index in [9.17, 15) is 0 Å². The van der Waals surface area contributed by atoms with Gasteiger partial charge in [-0.3, -0.25) is 14.8 Å². The van der Waals surface area contributed by atoms with Crippen LogP contribution >= 0.6 is 24.0 Å². The number of fused-ring (bicyclic) bond motifs is 3. The predicted molar refractivity (Wildman–Crippen MR) is 123 cm³/mol. The molecule has 0 amide bonds. The normalized spacial score (nSPS) is 28.0. The van der Waals surface area contributed by atoms with Gasteiger partial charge >= 0.3 is 0 Å². The third kappa shape index (κ3) is 5.06. The van der Waals surface area contributed by atoms with E-state index in [0.717, 1.165) is 45.2 Å². The van der Waals surface area contributed by atoms with Gasteiger partial charge in [0.1, 0.15) is 0 Å². The smallest absolute Gasteiger partial charge is 0.194 e. The molecule has 0 aliphatic carbocycles. The number of anilines is 1. The molecule has 4 fully saturated rings. The highest BCUT2D eigenvalue weighted by Crippen LogP contribution is 2.17. The Kier molecular flexibility index (Phi) is 7.60. The molecule has 4 heterocycles. The topological polar surface area (TPSA) is 37.4 Å². The van der Waals surface area contributed by atoms with E-state index in [-0.39, 0.29) is 24.0 Å². The molecule has 1 atom stereocenters. The van der Waals surface area contributed by atoms with Crippen molar-refractivity contribution in [2.75, 3.05) is 76.9 Å². The highest BCUT2D eigenvalue weighted by Gasteiger charge is 2.31. The van der Waals surface area contributed by atoms with Gasteiger partial charge in [-0.2, -0.15) is 0 Å². The second kappa shape index (κ2) is 9.93. The molecule has 4 saturated heterocycles. The number of hydrogen-bond acceptors (Lipinski definition) is 4. The van der Waals surface area contributed by atoms with Crippen molar-refractivity contribution in [3.8, 4) is 0 Å². The van der Waals surface area contributed by atoms with Gasteiger partial charge in [0, 0.05) is 77.2 Å². The third-order valence-electron chi connectivity index (χ3n) is 5.88. The number of nitrogens with zero attached hydrogens (tertiary/aromatic N) is 5. The minimum atomic E-state index is 0. The molecule has 0 radical (unpaired) electrons. The van der Waals surface area contributed by atoms with E-state index in [1.54, 1.807) is 0 Å². The SMILES string of the molecule is CCNC(=NCC1CN2CCN1CC2)N1CCN(c2ccccc2)CC1.I. The zero-order chi connectivity index (χ0) is 17.8. The number of guanidine groups is 1. The molecular weight excluding hydrogens is 451 g/mol. The van der Waals surface area contributed by atoms with E-state index in [4.69, 9.17) is 4.99 Å². The fourth-order valence-electron chi connectivity index (χ4n) is 4.33. The summed E-state index contributed by atoms with van der Waals surface area (Å²) < 4.78 is 0. The Balaban J connectivity index is 0.00000210. The standard InChI is InChI=1S/C20H32N6.HI/c1-2-21-20(22-16-19-17-23-8-10-25(19)11-9-23)26-14-12-24(13-15-26)18-6-4-3-5-7-18;/h3-7,19H,2,8-17H2,1H3,(H,21,22);1H. The Hall–Kier alpha value is -1.06. The summed E-state index contributed by atoms with van der Waals surface area (Å²) in [5, 5.41) is 3.52. The Labute approximate surface area is 180 Å². The summed E-state index contributed by atoms with van der Waals surface area (Å²) in [4.78, 5) is 15.1. The third-order valence-corrected chi connectivity index (χ3v) is 5.88. The van der Waals surface area contributed by atoms with Gasteiger partial charge in [-0.05, 0) is 19.1 Å². The van der Waals surface area contributed by atoms with Crippen molar-refractivity contribution in [3.05, 3.63) is 30.3 Å². The maximum absolute atomic E-state index is 5.02. The van der Waals surface area contributed by atoms with Crippen molar-refractivity contribution >= 4 is 35.6 Å². The number of halogens is 1. The lowest BCUT2D eigenvalue weighted by Gasteiger charge is -2.47. The van der Waals surface area contributed by atoms with E-state index in [1.165, 1.54) is 38.4 Å². The molecule has 6 nitrogen and oxygen atoms in total. The van der Waals surface area contributed by atoms with Crippen molar-refractivity contribution in [3.63, 3.8) is 0 Å². The van der Waals surface area contributed by atoms with Crippen molar-refractivity contribution in [1.29, 1.82) is 0 Å². The van der Waals surface area contributed by atoms with E-state index in [1.807, 2.05) is 0 Å². The maximum Gasteiger partial charge on any atom is 0.194 e. The van der Waals surface area contributed by atoms with Crippen LogP contribution < -0.4 is 10.2 Å². The first-order valence-corrected chi connectivity index (χ1v) is 10.1. The van der Waals surface area contributed by atoms with E-state index in [0.29, 0.717) is 6.04 Å². The first kappa shape index (κ1) is 20.7. The molecule has 27 heavy (non-hydrogen) atoms. The van der Waals surface area contributed by atoms with E-state index in [2.05, 4.69) is 62.2 Å². The van der Waals surface area contributed by atoms with Crippen LogP contribution in [-0.2, 0) is 0 Å². The van der Waals surface area contributed by atoms with Crippen LogP contribution in [-0.4, -0.2) is 98.7 Å². The highest BCUT2D eigenvalue weighted by molar-refractivity contribution is 14.0. The van der Waals surface area contributed by atoms with Gasteiger partial charge < -0.3 is 15.1 Å². The average Bonchev–Trinajstić information content (AvgIpc) is 2.73. The summed E-state index contributed by atoms with van der Waals surface area (Å²) in [6.45, 7) is 14.3. The molecule has 0 saturated carbocycles. The molecule has 2 bridgehead atoms. The molecule has 1 unspecified atom stereocenters. The molecule has 1 N–H and O–H groups in total. The van der Waals surface area contributed by atoms with Crippen LogP contribution in [0.1, 0.15) is 6.92 Å². The van der Waals surface area contributed by atoms with Crippen molar-refractivity contribution in [2.45, 2.75) is 13.0 Å². The molecule has 1 aromatic rings. The summed E-state index contributed by atoms with van der Waals surface area (Å²) >= 11 is 0. The molecule has 150 valence electrons. The number of benzene rings is 1. The Morgan fingerprint density at radius 2 is 1.70 bits per heavy atom. The second-order valence-corrected chi connectivity index (χ2v) is 7.49. The zero-order valence-corrected chi connectivity index (χ0v) is 18.7. The van der Waals surface area contributed by atoms with Gasteiger partial charge in [0.05, 0.1) is 6.54 Å². The first-order valence-electron chi connectivity index (χ1n) is 10.1. The van der Waals surface area contributed by atoms with Crippen molar-refractivity contribution in [1.82, 2.24) is 20.0 Å². The highest BCUT2D eigenvalue weighted by atomic mass is 127. The van der Waals surface area contributed by atoms with Crippen LogP contribution in [0.15, 0.2) is 35.3 Å². The second-order valence-electron chi connectivity index (χ2n) is 7.49. The van der Waals surface area contributed by atoms with Crippen molar-refractivity contribution < 1.29 is 0 Å². The van der Waals surface area contributed by atoms with Crippen LogP contribution in [0.3, 0.4) is 0 Å². The first-order chi connectivity index (χ1) is 12.8. The van der Waals surface area contributed by atoms with Gasteiger partial charge in [-0.25, -0.2) is 0 Å². The largest absolute Gasteiger partial charge is 0.368 e. The average molecular weight is 484 g/mol. The lowest BCUT2D eigenvalue weighted by Crippen LogP contribution is -2.62. The van der Waals surface area contributed by atoms with Crippen LogP contribution in [0.5, 0.6) is 0 Å². The number of aliphatic imine (C=N–C) groups is 1. The Bertz CT molecular complexity index is 594. The monoisotopic (exact) mass is 484 g/mol.